The van der Waals surface area contributed by atoms with E-state index >= 15 is 0 Å². The summed E-state index contributed by atoms with van der Waals surface area (Å²) in [4.78, 5) is 48.8. The van der Waals surface area contributed by atoms with Crippen molar-refractivity contribution in [3.05, 3.63) is 225 Å². The molecule has 0 aliphatic carbocycles. The summed E-state index contributed by atoms with van der Waals surface area (Å²) in [6.07, 6.45) is -10.4. The molecule has 2 atom stereocenters. The molecule has 8 aromatic carbocycles. The van der Waals surface area contributed by atoms with Crippen molar-refractivity contribution in [1.29, 1.82) is 0 Å². The molecule has 0 saturated carbocycles. The Balaban J connectivity index is 0.000000257. The van der Waals surface area contributed by atoms with Crippen LogP contribution in [-0.2, 0) is 23.0 Å². The lowest BCUT2D eigenvalue weighted by molar-refractivity contribution is -0.270. The van der Waals surface area contributed by atoms with E-state index in [4.69, 9.17) is 9.47 Å². The lowest BCUT2D eigenvalue weighted by Crippen LogP contribution is -2.45. The highest BCUT2D eigenvalue weighted by molar-refractivity contribution is 6.06. The zero-order chi connectivity index (χ0) is 65.2. The number of phenolic OH excluding ortho intramolecular Hbond substituents is 2. The van der Waals surface area contributed by atoms with E-state index in [1.807, 2.05) is 0 Å². The fourth-order valence-electron chi connectivity index (χ4n) is 9.19. The number of amides is 2. The second-order valence-electron chi connectivity index (χ2n) is 20.6. The molecular weight excluding hydrogens is 1180 g/mol. The SMILES string of the molecule is CNc1ccc(C(C)(c2ccc(NC(=O)c3ccc(Oc4ccc(C(C)=O)cc4)cc3)c(O)c2)C(F)(F)F)cc1O.CNc1ccc(Cc2ccc(NC(=O)c3ccc(Oc4ccc(C(C)=O)cc4)cc3)c(C(O)(CF)C(F)(F)F)c2)cc1C(O)(CF)CF. The van der Waals surface area contributed by atoms with Gasteiger partial charge in [0.1, 0.15) is 65.5 Å². The van der Waals surface area contributed by atoms with Crippen LogP contribution in [0.4, 0.5) is 62.3 Å². The van der Waals surface area contributed by atoms with E-state index in [-0.39, 0.29) is 74.2 Å². The predicted molar refractivity (Wildman–Crippen MR) is 317 cm³/mol. The average Bonchev–Trinajstić information content (AvgIpc) is 1.04. The van der Waals surface area contributed by atoms with Crippen LogP contribution in [0.25, 0.3) is 0 Å². The van der Waals surface area contributed by atoms with Crippen molar-refractivity contribution < 1.29 is 88.6 Å². The van der Waals surface area contributed by atoms with E-state index < -0.39 is 77.8 Å². The molecule has 14 nitrogen and oxygen atoms in total. The Bertz CT molecular complexity index is 3840. The molecular formula is C66H59F9N4O10. The molecule has 0 aliphatic heterocycles. The van der Waals surface area contributed by atoms with Gasteiger partial charge in [0, 0.05) is 58.9 Å². The Kier molecular flexibility index (Phi) is 20.6. The van der Waals surface area contributed by atoms with E-state index in [0.717, 1.165) is 31.2 Å². The number of hydrogen-bond donors (Lipinski definition) is 8. The van der Waals surface area contributed by atoms with Crippen LogP contribution in [0.5, 0.6) is 34.5 Å². The molecule has 0 aromatic heterocycles. The van der Waals surface area contributed by atoms with Gasteiger partial charge in [-0.3, -0.25) is 19.2 Å². The monoisotopic (exact) mass is 1240 g/mol. The highest BCUT2D eigenvalue weighted by Gasteiger charge is 2.57. The summed E-state index contributed by atoms with van der Waals surface area (Å²) in [5, 5.41) is 52.0. The second kappa shape index (κ2) is 27.4. The number of nitrogens with one attached hydrogen (secondary N) is 4. The van der Waals surface area contributed by atoms with E-state index in [0.29, 0.717) is 39.7 Å². The predicted octanol–water partition coefficient (Wildman–Crippen LogP) is 14.7. The highest BCUT2D eigenvalue weighted by Crippen LogP contribution is 2.49. The van der Waals surface area contributed by atoms with Gasteiger partial charge in [0.2, 0.25) is 5.60 Å². The van der Waals surface area contributed by atoms with Crippen LogP contribution in [0.15, 0.2) is 170 Å². The van der Waals surface area contributed by atoms with E-state index in [1.165, 1.54) is 113 Å². The Morgan fingerprint density at radius 3 is 1.15 bits per heavy atom. The fraction of sp³-hybridized carbons (Fsp3) is 0.212. The first-order valence-corrected chi connectivity index (χ1v) is 27.0. The summed E-state index contributed by atoms with van der Waals surface area (Å²) in [6, 6.07) is 39.0. The number of ether oxygens (including phenoxy) is 2. The van der Waals surface area contributed by atoms with Crippen LogP contribution < -0.4 is 30.7 Å². The number of alkyl halides is 9. The highest BCUT2D eigenvalue weighted by atomic mass is 19.4. The first-order chi connectivity index (χ1) is 42.0. The molecule has 0 radical (unpaired) electrons. The number of hydrogen-bond acceptors (Lipinski definition) is 12. The van der Waals surface area contributed by atoms with Crippen molar-refractivity contribution in [2.75, 3.05) is 55.4 Å². The van der Waals surface area contributed by atoms with Crippen LogP contribution >= 0.6 is 0 Å². The van der Waals surface area contributed by atoms with E-state index in [1.54, 1.807) is 60.7 Å². The van der Waals surface area contributed by atoms with Gasteiger partial charge in [-0.05, 0) is 183 Å². The number of aliphatic hydroxyl groups is 2. The summed E-state index contributed by atoms with van der Waals surface area (Å²) in [6.45, 7) is -1.31. The van der Waals surface area contributed by atoms with Gasteiger partial charge in [-0.25, -0.2) is 13.2 Å². The number of halogens is 9. The van der Waals surface area contributed by atoms with Crippen molar-refractivity contribution in [1.82, 2.24) is 0 Å². The molecule has 466 valence electrons. The van der Waals surface area contributed by atoms with Gasteiger partial charge in [-0.2, -0.15) is 26.3 Å². The van der Waals surface area contributed by atoms with Crippen molar-refractivity contribution >= 4 is 46.1 Å². The average molecular weight is 1240 g/mol. The van der Waals surface area contributed by atoms with Crippen molar-refractivity contribution in [3.63, 3.8) is 0 Å². The molecule has 8 aromatic rings. The van der Waals surface area contributed by atoms with Crippen LogP contribution in [0, 0.1) is 0 Å². The number of carbonyl (C=O) groups is 4. The summed E-state index contributed by atoms with van der Waals surface area (Å²) in [7, 11) is 3.01. The largest absolute Gasteiger partial charge is 0.506 e. The minimum atomic E-state index is -5.48. The minimum Gasteiger partial charge on any atom is -0.506 e. The third kappa shape index (κ3) is 15.1. The molecule has 0 heterocycles. The van der Waals surface area contributed by atoms with Gasteiger partial charge in [0.25, 0.3) is 11.8 Å². The number of phenols is 2. The number of aromatic hydroxyl groups is 2. The van der Waals surface area contributed by atoms with Crippen molar-refractivity contribution in [3.8, 4) is 34.5 Å². The van der Waals surface area contributed by atoms with E-state index in [9.17, 15) is 79.1 Å². The fourth-order valence-corrected chi connectivity index (χ4v) is 9.19. The molecule has 0 fully saturated rings. The van der Waals surface area contributed by atoms with Gasteiger partial charge in [0.15, 0.2) is 11.6 Å². The summed E-state index contributed by atoms with van der Waals surface area (Å²) < 4.78 is 138. The maximum absolute atomic E-state index is 14.4. The van der Waals surface area contributed by atoms with Crippen LogP contribution in [0.1, 0.15) is 95.6 Å². The molecule has 2 amide bonds. The number of benzene rings is 8. The Hall–Kier alpha value is -9.87. The number of rotatable bonds is 21. The lowest BCUT2D eigenvalue weighted by Gasteiger charge is -2.33. The molecule has 0 spiro atoms. The van der Waals surface area contributed by atoms with Crippen LogP contribution in [-0.4, -0.2) is 90.3 Å². The first kappa shape index (κ1) is 66.7. The Morgan fingerprint density at radius 2 is 0.798 bits per heavy atom. The Labute approximate surface area is 504 Å². The topological polar surface area (TPSA) is 216 Å². The van der Waals surface area contributed by atoms with E-state index in [2.05, 4.69) is 21.3 Å². The number of carbonyl (C=O) groups excluding carboxylic acids is 4. The molecule has 23 heteroatoms. The Morgan fingerprint density at radius 1 is 0.438 bits per heavy atom. The quantitative estimate of drug-likeness (QED) is 0.0192. The maximum atomic E-state index is 14.4. The molecule has 89 heavy (non-hydrogen) atoms. The smallest absolute Gasteiger partial charge is 0.424 e. The third-order valence-corrected chi connectivity index (χ3v) is 14.6. The lowest BCUT2D eigenvalue weighted by atomic mass is 9.75. The van der Waals surface area contributed by atoms with Crippen molar-refractivity contribution in [2.24, 2.45) is 0 Å². The molecule has 0 aliphatic rings. The normalized spacial score (nSPS) is 12.9. The molecule has 0 bridgehead atoms. The number of ketones is 2. The molecule has 0 saturated heterocycles. The van der Waals surface area contributed by atoms with Gasteiger partial charge in [-0.1, -0.05) is 36.4 Å². The van der Waals surface area contributed by atoms with Gasteiger partial charge >= 0.3 is 12.4 Å². The minimum absolute atomic E-state index is 0.00506. The zero-order valence-corrected chi connectivity index (χ0v) is 48.1. The van der Waals surface area contributed by atoms with Gasteiger partial charge < -0.3 is 51.2 Å². The zero-order valence-electron chi connectivity index (χ0n) is 48.1. The molecule has 8 rings (SSSR count). The van der Waals surface area contributed by atoms with Crippen molar-refractivity contribution in [2.45, 2.75) is 56.2 Å². The van der Waals surface area contributed by atoms with Crippen LogP contribution in [0.2, 0.25) is 0 Å². The van der Waals surface area contributed by atoms with Gasteiger partial charge in [0.05, 0.1) is 11.4 Å². The number of anilines is 4. The van der Waals surface area contributed by atoms with Gasteiger partial charge in [-0.15, -0.1) is 0 Å². The summed E-state index contributed by atoms with van der Waals surface area (Å²) in [5.74, 6) is -0.903. The molecule has 2 unspecified atom stereocenters. The second-order valence-corrected chi connectivity index (χ2v) is 20.6. The molecule has 8 N–H and O–H groups in total. The maximum Gasteiger partial charge on any atom is 0.424 e. The number of Topliss-reactive ketones (excluding diaryl/α,β-unsaturated/α-hetero) is 2. The first-order valence-electron chi connectivity index (χ1n) is 27.0. The third-order valence-electron chi connectivity index (χ3n) is 14.6. The standard InChI is InChI=1S/C35H32F6N2O5.C31H27F3N2O5/c1-21(44)24-5-9-26(10-6-24)48-27-11-7-25(8-12-27)32(45)43-31-14-4-23(17-29(31)34(47,20-38)35(39,40)41)15-22-3-13-30(42-2)28(16-22)33(46,18-36)19-37;1-18(37)19-4-10-23(11-5-19)41-24-12-6-20(7-13-24)29(40)36-26-15-9-22(17-28(26)39)30(2,31(32,33)34)21-8-14-25(35-3)27(38)16-21/h3-14,16-17,42,46-47H,15,18-20H2,1-2H3,(H,43,45);4-17,35,38-39H,1-3H3,(H,36,40). The summed E-state index contributed by atoms with van der Waals surface area (Å²) in [5.41, 5.74) is -9.01. The summed E-state index contributed by atoms with van der Waals surface area (Å²) >= 11 is 0. The van der Waals surface area contributed by atoms with Crippen LogP contribution in [0.3, 0.4) is 0 Å².